The number of rotatable bonds is 15. The van der Waals surface area contributed by atoms with Crippen LogP contribution in [0.1, 0.15) is 77.6 Å². The van der Waals surface area contributed by atoms with Crippen molar-refractivity contribution >= 4 is 5.97 Å². The first-order chi connectivity index (χ1) is 11.2. The first-order valence-corrected chi connectivity index (χ1v) is 9.09. The van der Waals surface area contributed by atoms with E-state index in [0.717, 1.165) is 18.9 Å². The lowest BCUT2D eigenvalue weighted by Gasteiger charge is -2.05. The van der Waals surface area contributed by atoms with Crippen LogP contribution in [0, 0.1) is 0 Å². The van der Waals surface area contributed by atoms with Crippen LogP contribution in [0.4, 0.5) is 0 Å². The minimum absolute atomic E-state index is 0.405. The smallest absolute Gasteiger partial charge is 0.328 e. The first kappa shape index (κ1) is 21.6. The average Bonchev–Trinajstić information content (AvgIpc) is 2.52. The minimum atomic E-state index is -0.959. The molecule has 0 rings (SSSR count). The third-order valence-corrected chi connectivity index (χ3v) is 3.76. The maximum Gasteiger partial charge on any atom is 0.328 e. The van der Waals surface area contributed by atoms with Gasteiger partial charge in [0.15, 0.2) is 0 Å². The Morgan fingerprint density at radius 1 is 0.826 bits per heavy atom. The van der Waals surface area contributed by atoms with E-state index in [4.69, 9.17) is 5.11 Å². The molecule has 132 valence electrons. The van der Waals surface area contributed by atoms with Crippen molar-refractivity contribution < 1.29 is 15.0 Å². The van der Waals surface area contributed by atoms with Gasteiger partial charge in [-0.15, -0.1) is 0 Å². The van der Waals surface area contributed by atoms with Crippen molar-refractivity contribution in [2.45, 2.75) is 83.7 Å². The Bertz CT molecular complexity index is 356. The molecule has 23 heavy (non-hydrogen) atoms. The van der Waals surface area contributed by atoms with Gasteiger partial charge in [0.2, 0.25) is 0 Å². The van der Waals surface area contributed by atoms with Crippen molar-refractivity contribution in [2.24, 2.45) is 0 Å². The molecule has 2 N–H and O–H groups in total. The van der Waals surface area contributed by atoms with Crippen LogP contribution in [0.2, 0.25) is 0 Å². The number of carbonyl (C=O) groups is 1. The number of carboxylic acid groups (broad SMARTS) is 1. The molecule has 0 saturated carbocycles. The molecule has 0 aliphatic rings. The number of aliphatic hydroxyl groups is 1. The first-order valence-electron chi connectivity index (χ1n) is 9.09. The second-order valence-corrected chi connectivity index (χ2v) is 6.01. The maximum atomic E-state index is 10.2. The zero-order valence-corrected chi connectivity index (χ0v) is 14.6. The van der Waals surface area contributed by atoms with Gasteiger partial charge in [-0.1, -0.05) is 102 Å². The zero-order chi connectivity index (χ0) is 17.2. The SMILES string of the molecule is CCCCCCCCCCCCC(O)/C=C/C=C/C=C/C(=O)O. The van der Waals surface area contributed by atoms with E-state index in [0.29, 0.717) is 0 Å². The Hall–Kier alpha value is -1.35. The normalized spacial score (nSPS) is 13.5. The van der Waals surface area contributed by atoms with Crippen molar-refractivity contribution in [2.75, 3.05) is 0 Å². The predicted molar refractivity (Wildman–Crippen MR) is 97.5 cm³/mol. The van der Waals surface area contributed by atoms with Crippen LogP contribution >= 0.6 is 0 Å². The summed E-state index contributed by atoms with van der Waals surface area (Å²) in [7, 11) is 0. The summed E-state index contributed by atoms with van der Waals surface area (Å²) in [6.45, 7) is 2.25. The largest absolute Gasteiger partial charge is 0.478 e. The molecule has 0 spiro atoms. The molecule has 0 aliphatic carbocycles. The van der Waals surface area contributed by atoms with Crippen LogP contribution in [-0.4, -0.2) is 22.3 Å². The van der Waals surface area contributed by atoms with Gasteiger partial charge in [-0.25, -0.2) is 4.79 Å². The van der Waals surface area contributed by atoms with Crippen LogP contribution in [0.3, 0.4) is 0 Å². The third kappa shape index (κ3) is 18.6. The topological polar surface area (TPSA) is 57.5 Å². The van der Waals surface area contributed by atoms with Crippen molar-refractivity contribution in [1.82, 2.24) is 0 Å². The van der Waals surface area contributed by atoms with E-state index >= 15 is 0 Å². The van der Waals surface area contributed by atoms with E-state index in [-0.39, 0.29) is 0 Å². The number of hydrogen-bond acceptors (Lipinski definition) is 2. The molecule has 3 nitrogen and oxygen atoms in total. The minimum Gasteiger partial charge on any atom is -0.478 e. The Kier molecular flexibility index (Phi) is 16.0. The Morgan fingerprint density at radius 3 is 1.91 bits per heavy atom. The van der Waals surface area contributed by atoms with Gasteiger partial charge in [-0.3, -0.25) is 0 Å². The van der Waals surface area contributed by atoms with Gasteiger partial charge >= 0.3 is 5.97 Å². The molecule has 0 radical (unpaired) electrons. The summed E-state index contributed by atoms with van der Waals surface area (Å²) in [6, 6.07) is 0. The summed E-state index contributed by atoms with van der Waals surface area (Å²) in [6.07, 6.45) is 22.8. The molecule has 0 aromatic carbocycles. The Labute approximate surface area is 141 Å². The molecule has 3 heteroatoms. The fourth-order valence-corrected chi connectivity index (χ4v) is 2.40. The highest BCUT2D eigenvalue weighted by atomic mass is 16.4. The third-order valence-electron chi connectivity index (χ3n) is 3.76. The molecule has 1 unspecified atom stereocenters. The van der Waals surface area contributed by atoms with E-state index in [9.17, 15) is 9.90 Å². The summed E-state index contributed by atoms with van der Waals surface area (Å²) in [4.78, 5) is 10.2. The van der Waals surface area contributed by atoms with E-state index in [2.05, 4.69) is 6.92 Å². The van der Waals surface area contributed by atoms with Crippen molar-refractivity contribution in [3.8, 4) is 0 Å². The molecular formula is C20H34O3. The quantitative estimate of drug-likeness (QED) is 0.241. The summed E-state index contributed by atoms with van der Waals surface area (Å²) < 4.78 is 0. The van der Waals surface area contributed by atoms with E-state index < -0.39 is 12.1 Å². The molecule has 0 bridgehead atoms. The number of allylic oxidation sites excluding steroid dienone is 4. The molecular weight excluding hydrogens is 288 g/mol. The van der Waals surface area contributed by atoms with Gasteiger partial charge in [0.1, 0.15) is 0 Å². The van der Waals surface area contributed by atoms with Gasteiger partial charge < -0.3 is 10.2 Å². The highest BCUT2D eigenvalue weighted by Crippen LogP contribution is 2.12. The molecule has 0 aliphatic heterocycles. The van der Waals surface area contributed by atoms with Gasteiger partial charge in [0.25, 0.3) is 0 Å². The van der Waals surface area contributed by atoms with Gasteiger partial charge in [-0.05, 0) is 6.42 Å². The summed E-state index contributed by atoms with van der Waals surface area (Å²) in [5, 5.41) is 18.2. The fraction of sp³-hybridized carbons (Fsp3) is 0.650. The van der Waals surface area contributed by atoms with Crippen molar-refractivity contribution in [3.05, 3.63) is 36.5 Å². The number of aliphatic carboxylic acids is 1. The van der Waals surface area contributed by atoms with Gasteiger partial charge in [0.05, 0.1) is 6.10 Å². The lowest BCUT2D eigenvalue weighted by atomic mass is 10.0. The van der Waals surface area contributed by atoms with Crippen LogP contribution in [0.25, 0.3) is 0 Å². The molecule has 0 amide bonds. The number of hydrogen-bond donors (Lipinski definition) is 2. The molecule has 0 aromatic rings. The number of unbranched alkanes of at least 4 members (excludes halogenated alkanes) is 9. The van der Waals surface area contributed by atoms with Crippen molar-refractivity contribution in [1.29, 1.82) is 0 Å². The lowest BCUT2D eigenvalue weighted by molar-refractivity contribution is -0.131. The average molecular weight is 322 g/mol. The highest BCUT2D eigenvalue weighted by Gasteiger charge is 1.98. The van der Waals surface area contributed by atoms with Crippen LogP contribution in [-0.2, 0) is 4.79 Å². The summed E-state index contributed by atoms with van der Waals surface area (Å²) >= 11 is 0. The van der Waals surface area contributed by atoms with Crippen LogP contribution in [0.15, 0.2) is 36.5 Å². The number of aliphatic hydroxyl groups excluding tert-OH is 1. The predicted octanol–water partition coefficient (Wildman–Crippen LogP) is 5.41. The lowest BCUT2D eigenvalue weighted by Crippen LogP contribution is -2.01. The Balaban J connectivity index is 3.42. The monoisotopic (exact) mass is 322 g/mol. The molecule has 0 saturated heterocycles. The zero-order valence-electron chi connectivity index (χ0n) is 14.6. The second kappa shape index (κ2) is 17.0. The van der Waals surface area contributed by atoms with Crippen LogP contribution in [0.5, 0.6) is 0 Å². The van der Waals surface area contributed by atoms with E-state index in [1.807, 2.05) is 0 Å². The van der Waals surface area contributed by atoms with Gasteiger partial charge in [-0.2, -0.15) is 0 Å². The summed E-state index contributed by atoms with van der Waals surface area (Å²) in [5.74, 6) is -0.959. The van der Waals surface area contributed by atoms with E-state index in [1.165, 1.54) is 63.9 Å². The highest BCUT2D eigenvalue weighted by molar-refractivity contribution is 5.80. The summed E-state index contributed by atoms with van der Waals surface area (Å²) in [5.41, 5.74) is 0. The van der Waals surface area contributed by atoms with Gasteiger partial charge in [0, 0.05) is 6.08 Å². The standard InChI is InChI=1S/C20H34O3/c1-2-3-4-5-6-7-8-9-10-13-16-19(21)17-14-11-12-15-18-20(22)23/h11-12,14-15,17-19,21H,2-10,13,16H2,1H3,(H,22,23)/b12-11+,17-14+,18-15+. The fourth-order valence-electron chi connectivity index (χ4n) is 2.40. The Morgan fingerprint density at radius 2 is 1.35 bits per heavy atom. The maximum absolute atomic E-state index is 10.2. The molecule has 0 heterocycles. The molecule has 0 aromatic heterocycles. The number of carboxylic acids is 1. The van der Waals surface area contributed by atoms with Crippen LogP contribution < -0.4 is 0 Å². The molecule has 1 atom stereocenters. The second-order valence-electron chi connectivity index (χ2n) is 6.01. The van der Waals surface area contributed by atoms with Crippen molar-refractivity contribution in [3.63, 3.8) is 0 Å². The molecule has 0 fully saturated rings. The van der Waals surface area contributed by atoms with E-state index in [1.54, 1.807) is 24.3 Å².